The molecule has 5 rings (SSSR count). The van der Waals surface area contributed by atoms with Crippen molar-refractivity contribution in [3.05, 3.63) is 42.4 Å². The molecule has 1 N–H and O–H groups in total. The van der Waals surface area contributed by atoms with Gasteiger partial charge >= 0.3 is 0 Å². The van der Waals surface area contributed by atoms with E-state index in [2.05, 4.69) is 25.2 Å². The summed E-state index contributed by atoms with van der Waals surface area (Å²) < 4.78 is 1.74. The Balaban J connectivity index is 1.33. The number of aromatic nitrogens is 6. The normalized spacial score (nSPS) is 16.6. The van der Waals surface area contributed by atoms with E-state index in [1.165, 1.54) is 25.7 Å². The van der Waals surface area contributed by atoms with E-state index in [9.17, 15) is 0 Å². The van der Waals surface area contributed by atoms with Crippen LogP contribution in [0.3, 0.4) is 0 Å². The van der Waals surface area contributed by atoms with Gasteiger partial charge in [-0.15, -0.1) is 0 Å². The Hall–Kier alpha value is -3.23. The molecule has 2 aliphatic heterocycles. The Morgan fingerprint density at radius 1 is 0.862 bits per heavy atom. The molecule has 0 bridgehead atoms. The average molecular weight is 391 g/mol. The van der Waals surface area contributed by atoms with Crippen molar-refractivity contribution in [1.82, 2.24) is 29.7 Å². The second kappa shape index (κ2) is 8.02. The van der Waals surface area contributed by atoms with Gasteiger partial charge in [-0.3, -0.25) is 0 Å². The van der Waals surface area contributed by atoms with Gasteiger partial charge in [0, 0.05) is 51.3 Å². The maximum Gasteiger partial charge on any atom is 0.231 e. The summed E-state index contributed by atoms with van der Waals surface area (Å²) in [5, 5.41) is 7.57. The highest BCUT2D eigenvalue weighted by Crippen LogP contribution is 2.23. The third kappa shape index (κ3) is 3.98. The molecule has 0 spiro atoms. The lowest BCUT2D eigenvalue weighted by molar-refractivity contribution is 0.833. The summed E-state index contributed by atoms with van der Waals surface area (Å²) in [6.07, 6.45) is 10.3. The van der Waals surface area contributed by atoms with Crippen molar-refractivity contribution in [3.63, 3.8) is 0 Å². The smallest absolute Gasteiger partial charge is 0.231 e. The van der Waals surface area contributed by atoms with E-state index in [0.29, 0.717) is 12.5 Å². The Kier molecular flexibility index (Phi) is 4.93. The van der Waals surface area contributed by atoms with E-state index in [1.807, 2.05) is 30.6 Å². The molecule has 150 valence electrons. The monoisotopic (exact) mass is 391 g/mol. The lowest BCUT2D eigenvalue weighted by Crippen LogP contribution is -2.26. The Labute approximate surface area is 169 Å². The van der Waals surface area contributed by atoms with Gasteiger partial charge in [-0.25, -0.2) is 9.67 Å². The first-order valence-electron chi connectivity index (χ1n) is 10.3. The van der Waals surface area contributed by atoms with E-state index in [0.717, 1.165) is 49.5 Å². The average Bonchev–Trinajstić information content (AvgIpc) is 3.55. The standard InChI is InChI=1S/C20H25N9/c1-2-10-27(9-1)19-24-18(25-20(26-19)28-11-3-4-12-28)22-15-16-6-7-17(21-14-16)29-13-5-8-23-29/h5-8,13-14H,1-4,9-12,15H2,(H,22,24,25,26). The summed E-state index contributed by atoms with van der Waals surface area (Å²) in [5.41, 5.74) is 1.06. The number of nitrogens with one attached hydrogen (secondary N) is 1. The van der Waals surface area contributed by atoms with Gasteiger partial charge in [-0.2, -0.15) is 20.1 Å². The molecule has 0 aliphatic carbocycles. The predicted octanol–water partition coefficient (Wildman–Crippen LogP) is 2.26. The van der Waals surface area contributed by atoms with Gasteiger partial charge in [0.05, 0.1) is 0 Å². The summed E-state index contributed by atoms with van der Waals surface area (Å²) in [7, 11) is 0. The number of anilines is 3. The Morgan fingerprint density at radius 3 is 2.10 bits per heavy atom. The maximum atomic E-state index is 4.76. The first-order chi connectivity index (χ1) is 14.3. The number of rotatable bonds is 6. The third-order valence-corrected chi connectivity index (χ3v) is 5.39. The molecule has 0 saturated carbocycles. The van der Waals surface area contributed by atoms with Crippen LogP contribution in [0.5, 0.6) is 0 Å². The second-order valence-corrected chi connectivity index (χ2v) is 7.48. The second-order valence-electron chi connectivity index (χ2n) is 7.48. The van der Waals surface area contributed by atoms with Gasteiger partial charge in [0.1, 0.15) is 0 Å². The van der Waals surface area contributed by atoms with Crippen molar-refractivity contribution in [2.45, 2.75) is 32.2 Å². The first-order valence-corrected chi connectivity index (χ1v) is 10.3. The molecule has 0 amide bonds. The number of pyridine rings is 1. The molecule has 0 radical (unpaired) electrons. The molecule has 2 saturated heterocycles. The van der Waals surface area contributed by atoms with Crippen LogP contribution in [0, 0.1) is 0 Å². The molecule has 3 aromatic heterocycles. The molecular formula is C20H25N9. The largest absolute Gasteiger partial charge is 0.350 e. The van der Waals surface area contributed by atoms with Gasteiger partial charge in [0.25, 0.3) is 0 Å². The fraction of sp³-hybridized carbons (Fsp3) is 0.450. The summed E-state index contributed by atoms with van der Waals surface area (Å²) in [5.74, 6) is 3.00. The van der Waals surface area contributed by atoms with Crippen LogP contribution in [-0.4, -0.2) is 55.9 Å². The summed E-state index contributed by atoms with van der Waals surface area (Å²) >= 11 is 0. The van der Waals surface area contributed by atoms with E-state index in [-0.39, 0.29) is 0 Å². The zero-order valence-corrected chi connectivity index (χ0v) is 16.4. The minimum absolute atomic E-state index is 0.606. The fourth-order valence-electron chi connectivity index (χ4n) is 3.79. The minimum atomic E-state index is 0.606. The Morgan fingerprint density at radius 2 is 1.55 bits per heavy atom. The molecule has 2 aliphatic rings. The zero-order chi connectivity index (χ0) is 19.5. The summed E-state index contributed by atoms with van der Waals surface area (Å²) in [4.78, 5) is 23.1. The van der Waals surface area contributed by atoms with Crippen molar-refractivity contribution in [2.24, 2.45) is 0 Å². The van der Waals surface area contributed by atoms with Crippen LogP contribution in [0.25, 0.3) is 5.82 Å². The van der Waals surface area contributed by atoms with E-state index >= 15 is 0 Å². The van der Waals surface area contributed by atoms with Gasteiger partial charge in [0.2, 0.25) is 17.8 Å². The Bertz CT molecular complexity index is 893. The van der Waals surface area contributed by atoms with Gasteiger partial charge in [-0.1, -0.05) is 6.07 Å². The SMILES string of the molecule is c1cnn(-c2ccc(CNc3nc(N4CCCC4)nc(N4CCCC4)n3)cn2)c1. The van der Waals surface area contributed by atoms with Gasteiger partial charge in [0.15, 0.2) is 5.82 Å². The molecule has 2 fully saturated rings. The lowest BCUT2D eigenvalue weighted by atomic mass is 10.3. The van der Waals surface area contributed by atoms with Crippen LogP contribution in [0.1, 0.15) is 31.2 Å². The number of hydrogen-bond donors (Lipinski definition) is 1. The molecule has 0 atom stereocenters. The molecule has 9 heteroatoms. The molecule has 29 heavy (non-hydrogen) atoms. The quantitative estimate of drug-likeness (QED) is 0.685. The first kappa shape index (κ1) is 17.8. The highest BCUT2D eigenvalue weighted by atomic mass is 15.4. The number of hydrogen-bond acceptors (Lipinski definition) is 8. The number of nitrogens with zero attached hydrogens (tertiary/aromatic N) is 8. The molecule has 0 unspecified atom stereocenters. The van der Waals surface area contributed by atoms with Gasteiger partial charge in [-0.05, 0) is 43.4 Å². The van der Waals surface area contributed by atoms with E-state index in [4.69, 9.17) is 15.0 Å². The maximum absolute atomic E-state index is 4.76. The zero-order valence-electron chi connectivity index (χ0n) is 16.4. The summed E-state index contributed by atoms with van der Waals surface area (Å²) in [6.45, 7) is 4.67. The molecular weight excluding hydrogens is 366 g/mol. The van der Waals surface area contributed by atoms with Gasteiger partial charge < -0.3 is 15.1 Å². The van der Waals surface area contributed by atoms with Crippen LogP contribution < -0.4 is 15.1 Å². The highest BCUT2D eigenvalue weighted by Gasteiger charge is 2.21. The molecule has 0 aromatic carbocycles. The minimum Gasteiger partial charge on any atom is -0.350 e. The highest BCUT2D eigenvalue weighted by molar-refractivity contribution is 5.46. The molecule has 3 aromatic rings. The molecule has 9 nitrogen and oxygen atoms in total. The fourth-order valence-corrected chi connectivity index (χ4v) is 3.79. The van der Waals surface area contributed by atoms with E-state index < -0.39 is 0 Å². The van der Waals surface area contributed by atoms with Crippen molar-refractivity contribution in [1.29, 1.82) is 0 Å². The molecule has 5 heterocycles. The van der Waals surface area contributed by atoms with Crippen LogP contribution in [0.15, 0.2) is 36.8 Å². The van der Waals surface area contributed by atoms with Crippen LogP contribution in [0.2, 0.25) is 0 Å². The predicted molar refractivity (Wildman–Crippen MR) is 111 cm³/mol. The van der Waals surface area contributed by atoms with Crippen LogP contribution in [0.4, 0.5) is 17.8 Å². The summed E-state index contributed by atoms with van der Waals surface area (Å²) in [6, 6.07) is 5.89. The topological polar surface area (TPSA) is 87.9 Å². The third-order valence-electron chi connectivity index (χ3n) is 5.39. The van der Waals surface area contributed by atoms with Crippen molar-refractivity contribution in [2.75, 3.05) is 41.3 Å². The van der Waals surface area contributed by atoms with E-state index in [1.54, 1.807) is 10.9 Å². The lowest BCUT2D eigenvalue weighted by Gasteiger charge is -2.20. The van der Waals surface area contributed by atoms with Crippen molar-refractivity contribution < 1.29 is 0 Å². The van der Waals surface area contributed by atoms with Crippen LogP contribution in [-0.2, 0) is 6.54 Å². The van der Waals surface area contributed by atoms with Crippen molar-refractivity contribution in [3.8, 4) is 5.82 Å². The van der Waals surface area contributed by atoms with Crippen molar-refractivity contribution >= 4 is 17.8 Å². The van der Waals surface area contributed by atoms with Crippen LogP contribution >= 0.6 is 0 Å².